The van der Waals surface area contributed by atoms with Crippen molar-refractivity contribution in [2.45, 2.75) is 13.0 Å². The summed E-state index contributed by atoms with van der Waals surface area (Å²) in [6, 6.07) is 11.8. The summed E-state index contributed by atoms with van der Waals surface area (Å²) in [5.41, 5.74) is 3.10. The van der Waals surface area contributed by atoms with E-state index in [1.165, 1.54) is 11.1 Å². The van der Waals surface area contributed by atoms with Gasteiger partial charge in [-0.15, -0.1) is 0 Å². The van der Waals surface area contributed by atoms with Crippen LogP contribution in [-0.2, 0) is 13.0 Å². The van der Waals surface area contributed by atoms with Gasteiger partial charge in [-0.2, -0.15) is 0 Å². The van der Waals surface area contributed by atoms with E-state index in [0.717, 1.165) is 13.0 Å². The zero-order valence-corrected chi connectivity index (χ0v) is 14.7. The van der Waals surface area contributed by atoms with Crippen LogP contribution < -0.4 is 9.47 Å². The van der Waals surface area contributed by atoms with E-state index in [-0.39, 0.29) is 5.91 Å². The number of hydrogen-bond acceptors (Lipinski definition) is 3. The molecule has 0 fully saturated rings. The van der Waals surface area contributed by atoms with Gasteiger partial charge in [-0.05, 0) is 45.6 Å². The van der Waals surface area contributed by atoms with Crippen LogP contribution in [0.1, 0.15) is 21.5 Å². The molecule has 0 aliphatic carbocycles. The highest BCUT2D eigenvalue weighted by Gasteiger charge is 2.23. The molecule has 2 aromatic rings. The monoisotopic (exact) mass is 375 g/mol. The average Bonchev–Trinajstić information content (AvgIpc) is 2.61. The number of hydrogen-bond donors (Lipinski definition) is 0. The number of halogens is 1. The van der Waals surface area contributed by atoms with Gasteiger partial charge in [0.15, 0.2) is 0 Å². The zero-order chi connectivity index (χ0) is 16.4. The molecule has 0 bridgehead atoms. The molecule has 0 aromatic heterocycles. The lowest BCUT2D eigenvalue weighted by atomic mass is 9.99. The molecule has 3 rings (SSSR count). The molecule has 0 saturated carbocycles. The van der Waals surface area contributed by atoms with Crippen molar-refractivity contribution in [2.24, 2.45) is 0 Å². The molecule has 1 aliphatic rings. The molecule has 0 saturated heterocycles. The Labute approximate surface area is 144 Å². The maximum absolute atomic E-state index is 12.9. The Hall–Kier alpha value is -2.01. The number of rotatable bonds is 3. The Bertz CT molecular complexity index is 720. The zero-order valence-electron chi connectivity index (χ0n) is 13.1. The third-order valence-electron chi connectivity index (χ3n) is 4.11. The first-order valence-corrected chi connectivity index (χ1v) is 8.21. The highest BCUT2D eigenvalue weighted by atomic mass is 79.9. The molecular formula is C18H18BrNO3. The van der Waals surface area contributed by atoms with E-state index in [1.807, 2.05) is 17.0 Å². The van der Waals surface area contributed by atoms with Crippen molar-refractivity contribution in [3.05, 3.63) is 57.6 Å². The van der Waals surface area contributed by atoms with Gasteiger partial charge in [0.1, 0.15) is 16.0 Å². The van der Waals surface area contributed by atoms with E-state index in [4.69, 9.17) is 9.47 Å². The van der Waals surface area contributed by atoms with Gasteiger partial charge in [0.25, 0.3) is 5.91 Å². The van der Waals surface area contributed by atoms with Crippen LogP contribution in [0.15, 0.2) is 40.9 Å². The molecule has 0 spiro atoms. The molecule has 2 aromatic carbocycles. The van der Waals surface area contributed by atoms with E-state index in [1.54, 1.807) is 26.4 Å². The smallest absolute Gasteiger partial charge is 0.254 e. The molecule has 1 heterocycles. The largest absolute Gasteiger partial charge is 0.495 e. The van der Waals surface area contributed by atoms with E-state index in [9.17, 15) is 4.79 Å². The molecule has 0 radical (unpaired) electrons. The molecule has 120 valence electrons. The van der Waals surface area contributed by atoms with Gasteiger partial charge in [-0.25, -0.2) is 0 Å². The molecule has 1 amide bonds. The second-order valence-corrected chi connectivity index (χ2v) is 6.23. The third-order valence-corrected chi connectivity index (χ3v) is 4.89. The van der Waals surface area contributed by atoms with E-state index < -0.39 is 0 Å². The Kier molecular flexibility index (Phi) is 4.57. The second kappa shape index (κ2) is 6.62. The van der Waals surface area contributed by atoms with Crippen LogP contribution in [0.3, 0.4) is 0 Å². The number of ether oxygens (including phenoxy) is 2. The van der Waals surface area contributed by atoms with Crippen molar-refractivity contribution in [3.8, 4) is 11.5 Å². The van der Waals surface area contributed by atoms with E-state index >= 15 is 0 Å². The summed E-state index contributed by atoms with van der Waals surface area (Å²) in [4.78, 5) is 14.7. The van der Waals surface area contributed by atoms with Gasteiger partial charge in [0.05, 0.1) is 14.2 Å². The summed E-state index contributed by atoms with van der Waals surface area (Å²) >= 11 is 3.43. The van der Waals surface area contributed by atoms with Crippen LogP contribution in [0.4, 0.5) is 0 Å². The molecule has 0 N–H and O–H groups in total. The van der Waals surface area contributed by atoms with E-state index in [0.29, 0.717) is 28.1 Å². The summed E-state index contributed by atoms with van der Waals surface area (Å²) < 4.78 is 11.4. The SMILES string of the molecule is COc1cc(C(=O)N2CCc3ccccc3C2)cc(OC)c1Br. The fourth-order valence-corrected chi connectivity index (χ4v) is 3.40. The third kappa shape index (κ3) is 3.06. The quantitative estimate of drug-likeness (QED) is 0.821. The minimum Gasteiger partial charge on any atom is -0.495 e. The lowest BCUT2D eigenvalue weighted by molar-refractivity contribution is 0.0734. The topological polar surface area (TPSA) is 38.8 Å². The van der Waals surface area contributed by atoms with Crippen LogP contribution in [0.25, 0.3) is 0 Å². The lowest BCUT2D eigenvalue weighted by Gasteiger charge is -2.29. The number of fused-ring (bicyclic) bond motifs is 1. The molecule has 23 heavy (non-hydrogen) atoms. The summed E-state index contributed by atoms with van der Waals surface area (Å²) in [7, 11) is 3.15. The summed E-state index contributed by atoms with van der Waals surface area (Å²) in [5.74, 6) is 1.17. The van der Waals surface area contributed by atoms with Gasteiger partial charge >= 0.3 is 0 Å². The molecule has 4 nitrogen and oxygen atoms in total. The lowest BCUT2D eigenvalue weighted by Crippen LogP contribution is -2.35. The Morgan fingerprint density at radius 2 is 1.70 bits per heavy atom. The van der Waals surface area contributed by atoms with Crippen LogP contribution in [0.5, 0.6) is 11.5 Å². The molecule has 1 aliphatic heterocycles. The minimum atomic E-state index is -0.0106. The first-order valence-electron chi connectivity index (χ1n) is 7.41. The molecule has 0 unspecified atom stereocenters. The van der Waals surface area contributed by atoms with E-state index in [2.05, 4.69) is 28.1 Å². The van der Waals surface area contributed by atoms with Gasteiger partial charge in [0.2, 0.25) is 0 Å². The number of nitrogens with zero attached hydrogens (tertiary/aromatic N) is 1. The summed E-state index contributed by atoms with van der Waals surface area (Å²) in [6.07, 6.45) is 0.882. The van der Waals surface area contributed by atoms with Crippen molar-refractivity contribution in [1.82, 2.24) is 4.90 Å². The van der Waals surface area contributed by atoms with Gasteiger partial charge < -0.3 is 14.4 Å². The number of benzene rings is 2. The first kappa shape index (κ1) is 15.9. The molecular weight excluding hydrogens is 358 g/mol. The molecule has 5 heteroatoms. The number of amides is 1. The van der Waals surface area contributed by atoms with Crippen molar-refractivity contribution in [1.29, 1.82) is 0 Å². The van der Waals surface area contributed by atoms with Crippen molar-refractivity contribution in [2.75, 3.05) is 20.8 Å². The predicted molar refractivity (Wildman–Crippen MR) is 92.1 cm³/mol. The fraction of sp³-hybridized carbons (Fsp3) is 0.278. The van der Waals surface area contributed by atoms with Crippen LogP contribution >= 0.6 is 15.9 Å². The standard InChI is InChI=1S/C18H18BrNO3/c1-22-15-9-14(10-16(23-2)17(15)19)18(21)20-8-7-12-5-3-4-6-13(12)11-20/h3-6,9-10H,7-8,11H2,1-2H3. The van der Waals surface area contributed by atoms with Crippen LogP contribution in [0.2, 0.25) is 0 Å². The normalized spacial score (nSPS) is 13.4. The minimum absolute atomic E-state index is 0.0106. The highest BCUT2D eigenvalue weighted by Crippen LogP contribution is 2.36. The van der Waals surface area contributed by atoms with Crippen molar-refractivity contribution < 1.29 is 14.3 Å². The predicted octanol–water partition coefficient (Wildman–Crippen LogP) is 3.66. The summed E-state index contributed by atoms with van der Waals surface area (Å²) in [5, 5.41) is 0. The maximum Gasteiger partial charge on any atom is 0.254 e. The number of methoxy groups -OCH3 is 2. The average molecular weight is 376 g/mol. The van der Waals surface area contributed by atoms with Crippen molar-refractivity contribution in [3.63, 3.8) is 0 Å². The van der Waals surface area contributed by atoms with Gasteiger partial charge in [-0.1, -0.05) is 24.3 Å². The maximum atomic E-state index is 12.9. The van der Waals surface area contributed by atoms with Gasteiger partial charge in [-0.3, -0.25) is 4.79 Å². The second-order valence-electron chi connectivity index (χ2n) is 5.44. The fourth-order valence-electron chi connectivity index (χ4n) is 2.84. The van der Waals surface area contributed by atoms with Crippen LogP contribution in [0, 0.1) is 0 Å². The van der Waals surface area contributed by atoms with Crippen LogP contribution in [-0.4, -0.2) is 31.6 Å². The Morgan fingerprint density at radius 1 is 1.09 bits per heavy atom. The number of carbonyl (C=O) groups excluding carboxylic acids is 1. The highest BCUT2D eigenvalue weighted by molar-refractivity contribution is 9.10. The Morgan fingerprint density at radius 3 is 2.30 bits per heavy atom. The molecule has 0 atom stereocenters. The summed E-state index contributed by atoms with van der Waals surface area (Å²) in [6.45, 7) is 1.35. The first-order chi connectivity index (χ1) is 11.1. The van der Waals surface area contributed by atoms with Crippen molar-refractivity contribution >= 4 is 21.8 Å². The number of carbonyl (C=O) groups is 1. The Balaban J connectivity index is 1.89. The van der Waals surface area contributed by atoms with Gasteiger partial charge in [0, 0.05) is 18.7 Å².